The molecule has 2 rings (SSSR count). The van der Waals surface area contributed by atoms with Gasteiger partial charge in [0.05, 0.1) is 0 Å². The number of anilines is 1. The lowest BCUT2D eigenvalue weighted by molar-refractivity contribution is -0.118. The van der Waals surface area contributed by atoms with Crippen LogP contribution in [0.3, 0.4) is 0 Å². The third kappa shape index (κ3) is 4.87. The first-order valence-corrected chi connectivity index (χ1v) is 10.7. The summed E-state index contributed by atoms with van der Waals surface area (Å²) < 4.78 is 27.8. The van der Waals surface area contributed by atoms with Crippen molar-refractivity contribution in [2.75, 3.05) is 5.32 Å². The van der Waals surface area contributed by atoms with E-state index in [0.29, 0.717) is 6.42 Å². The maximum absolute atomic E-state index is 12.6. The summed E-state index contributed by atoms with van der Waals surface area (Å²) in [6.45, 7) is 9.40. The highest BCUT2D eigenvalue weighted by Crippen LogP contribution is 2.25. The second-order valence-corrected chi connectivity index (χ2v) is 9.31. The van der Waals surface area contributed by atoms with Crippen LogP contribution in [0.2, 0.25) is 0 Å². The highest BCUT2D eigenvalue weighted by atomic mass is 32.2. The molecule has 7 nitrogen and oxygen atoms in total. The molecule has 142 valence electrons. The van der Waals surface area contributed by atoms with Crippen molar-refractivity contribution in [2.45, 2.75) is 51.4 Å². The minimum Gasteiger partial charge on any atom is -0.300 e. The zero-order chi connectivity index (χ0) is 19.5. The first-order chi connectivity index (χ1) is 12.1. The van der Waals surface area contributed by atoms with E-state index < -0.39 is 10.0 Å². The third-order valence-electron chi connectivity index (χ3n) is 4.03. The quantitative estimate of drug-likeness (QED) is 0.700. The van der Waals surface area contributed by atoms with E-state index in [1.165, 1.54) is 0 Å². The van der Waals surface area contributed by atoms with Gasteiger partial charge in [0.25, 0.3) is 10.0 Å². The normalized spacial score (nSPS) is 13.0. The van der Waals surface area contributed by atoms with E-state index in [0.717, 1.165) is 28.0 Å². The van der Waals surface area contributed by atoms with Crippen molar-refractivity contribution in [1.82, 2.24) is 14.9 Å². The molecule has 0 unspecified atom stereocenters. The van der Waals surface area contributed by atoms with Crippen molar-refractivity contribution < 1.29 is 13.2 Å². The standard InChI is InChI=1S/C17H24N4O3S2/c1-6-14(13-8-7-11(4)12(5)9-13)21-26(23,24)17-20-19-16(25-17)18-15(22)10(2)3/h7-10,14,21H,6H2,1-5H3,(H,18,19,22)/t14-/m0/s1. The molecule has 0 radical (unpaired) electrons. The number of aromatic nitrogens is 2. The number of sulfonamides is 1. The zero-order valence-electron chi connectivity index (χ0n) is 15.5. The van der Waals surface area contributed by atoms with Gasteiger partial charge >= 0.3 is 0 Å². The Kier molecular flexibility index (Phi) is 6.48. The Labute approximate surface area is 158 Å². The maximum Gasteiger partial charge on any atom is 0.270 e. The number of hydrogen-bond donors (Lipinski definition) is 2. The van der Waals surface area contributed by atoms with Crippen LogP contribution in [0.5, 0.6) is 0 Å². The highest BCUT2D eigenvalue weighted by molar-refractivity contribution is 7.91. The van der Waals surface area contributed by atoms with E-state index in [-0.39, 0.29) is 27.3 Å². The molecule has 2 N–H and O–H groups in total. The van der Waals surface area contributed by atoms with Crippen molar-refractivity contribution in [3.8, 4) is 0 Å². The van der Waals surface area contributed by atoms with Crippen molar-refractivity contribution in [2.24, 2.45) is 5.92 Å². The van der Waals surface area contributed by atoms with E-state index in [1.807, 2.05) is 39.0 Å². The summed E-state index contributed by atoms with van der Waals surface area (Å²) in [5, 5.41) is 10.2. The Hall–Kier alpha value is -1.84. The molecule has 0 bridgehead atoms. The lowest BCUT2D eigenvalue weighted by Gasteiger charge is -2.17. The van der Waals surface area contributed by atoms with E-state index >= 15 is 0 Å². The molecule has 1 heterocycles. The number of benzene rings is 1. The van der Waals surface area contributed by atoms with Gasteiger partial charge in [-0.1, -0.05) is 50.3 Å². The number of carbonyl (C=O) groups excluding carboxylic acids is 1. The van der Waals surface area contributed by atoms with Gasteiger partial charge in [0.1, 0.15) is 0 Å². The minimum absolute atomic E-state index is 0.168. The van der Waals surface area contributed by atoms with Crippen molar-refractivity contribution in [3.63, 3.8) is 0 Å². The summed E-state index contributed by atoms with van der Waals surface area (Å²) in [5.74, 6) is -0.467. The largest absolute Gasteiger partial charge is 0.300 e. The molecule has 2 aromatic rings. The van der Waals surface area contributed by atoms with Crippen molar-refractivity contribution >= 4 is 32.4 Å². The van der Waals surface area contributed by atoms with Gasteiger partial charge in [0.2, 0.25) is 15.4 Å². The molecule has 0 aliphatic heterocycles. The van der Waals surface area contributed by atoms with Gasteiger partial charge in [-0.2, -0.15) is 0 Å². The summed E-state index contributed by atoms with van der Waals surface area (Å²) in [6, 6.07) is 5.52. The van der Waals surface area contributed by atoms with Gasteiger partial charge in [-0.3, -0.25) is 4.79 Å². The Morgan fingerprint density at radius 1 is 1.19 bits per heavy atom. The second-order valence-electron chi connectivity index (χ2n) is 6.44. The van der Waals surface area contributed by atoms with Gasteiger partial charge in [-0.05, 0) is 37.0 Å². The molecule has 0 aliphatic carbocycles. The summed E-state index contributed by atoms with van der Waals surface area (Å²) in [7, 11) is -3.83. The van der Waals surface area contributed by atoms with Crippen molar-refractivity contribution in [1.29, 1.82) is 0 Å². The van der Waals surface area contributed by atoms with Gasteiger partial charge in [-0.25, -0.2) is 13.1 Å². The lowest BCUT2D eigenvalue weighted by atomic mass is 10.0. The van der Waals surface area contributed by atoms with Crippen LogP contribution in [0.4, 0.5) is 5.13 Å². The number of rotatable bonds is 7. The minimum atomic E-state index is -3.83. The van der Waals surface area contributed by atoms with E-state index in [9.17, 15) is 13.2 Å². The Balaban J connectivity index is 2.20. The number of carbonyl (C=O) groups is 1. The molecular formula is C17H24N4O3S2. The zero-order valence-corrected chi connectivity index (χ0v) is 17.2. The second kappa shape index (κ2) is 8.24. The number of hydrogen-bond acceptors (Lipinski definition) is 6. The molecule has 1 atom stereocenters. The topological polar surface area (TPSA) is 101 Å². The van der Waals surface area contributed by atoms with E-state index in [2.05, 4.69) is 20.2 Å². The van der Waals surface area contributed by atoms with Crippen LogP contribution >= 0.6 is 11.3 Å². The molecule has 1 aromatic carbocycles. The molecule has 0 saturated heterocycles. The molecular weight excluding hydrogens is 372 g/mol. The first-order valence-electron chi connectivity index (χ1n) is 8.38. The molecule has 1 amide bonds. The number of aryl methyl sites for hydroxylation is 2. The van der Waals surface area contributed by atoms with Crippen LogP contribution in [0, 0.1) is 19.8 Å². The first kappa shape index (κ1) is 20.5. The van der Waals surface area contributed by atoms with Crippen LogP contribution in [0.1, 0.15) is 49.9 Å². The number of amides is 1. The smallest absolute Gasteiger partial charge is 0.270 e. The Bertz CT molecular complexity index is 891. The third-order valence-corrected chi connectivity index (χ3v) is 6.71. The van der Waals surface area contributed by atoms with E-state index in [4.69, 9.17) is 0 Å². The molecule has 0 spiro atoms. The van der Waals surface area contributed by atoms with Crippen molar-refractivity contribution in [3.05, 3.63) is 34.9 Å². The van der Waals surface area contributed by atoms with Crippen LogP contribution in [-0.4, -0.2) is 24.5 Å². The SMILES string of the molecule is CC[C@H](NS(=O)(=O)c1nnc(NC(=O)C(C)C)s1)c1ccc(C)c(C)c1. The number of nitrogens with one attached hydrogen (secondary N) is 2. The van der Waals surface area contributed by atoms with Gasteiger partial charge in [0.15, 0.2) is 0 Å². The van der Waals surface area contributed by atoms with Gasteiger partial charge < -0.3 is 5.32 Å². The Morgan fingerprint density at radius 3 is 2.46 bits per heavy atom. The average molecular weight is 397 g/mol. The summed E-state index contributed by atoms with van der Waals surface area (Å²) in [4.78, 5) is 11.7. The predicted molar refractivity (Wildman–Crippen MR) is 103 cm³/mol. The van der Waals surface area contributed by atoms with E-state index in [1.54, 1.807) is 13.8 Å². The van der Waals surface area contributed by atoms with Crippen LogP contribution in [0.25, 0.3) is 0 Å². The average Bonchev–Trinajstić information content (AvgIpc) is 3.04. The summed E-state index contributed by atoms with van der Waals surface area (Å²) >= 11 is 0.834. The molecule has 0 fully saturated rings. The molecule has 1 aromatic heterocycles. The van der Waals surface area contributed by atoms with Gasteiger partial charge in [0, 0.05) is 12.0 Å². The van der Waals surface area contributed by atoms with Crippen LogP contribution < -0.4 is 10.0 Å². The summed E-state index contributed by atoms with van der Waals surface area (Å²) in [5.41, 5.74) is 3.16. The molecule has 9 heteroatoms. The highest BCUT2D eigenvalue weighted by Gasteiger charge is 2.25. The van der Waals surface area contributed by atoms with Crippen LogP contribution in [-0.2, 0) is 14.8 Å². The fraction of sp³-hybridized carbons (Fsp3) is 0.471. The fourth-order valence-electron chi connectivity index (χ4n) is 2.22. The predicted octanol–water partition coefficient (Wildman–Crippen LogP) is 3.18. The summed E-state index contributed by atoms with van der Waals surface area (Å²) in [6.07, 6.45) is 0.595. The maximum atomic E-state index is 12.6. The lowest BCUT2D eigenvalue weighted by Crippen LogP contribution is -2.28. The monoisotopic (exact) mass is 396 g/mol. The van der Waals surface area contributed by atoms with Gasteiger partial charge in [-0.15, -0.1) is 10.2 Å². The molecule has 0 aliphatic rings. The number of nitrogens with zero attached hydrogens (tertiary/aromatic N) is 2. The fourth-order valence-corrected chi connectivity index (χ4v) is 4.45. The van der Waals surface area contributed by atoms with Crippen LogP contribution in [0.15, 0.2) is 22.5 Å². The Morgan fingerprint density at radius 2 is 1.88 bits per heavy atom. The molecule has 26 heavy (non-hydrogen) atoms. The molecule has 0 saturated carbocycles.